The largest absolute Gasteiger partial charge is 0.387 e. The van der Waals surface area contributed by atoms with Gasteiger partial charge in [-0.3, -0.25) is 4.79 Å². The maximum Gasteiger partial charge on any atom is 0.224 e. The van der Waals surface area contributed by atoms with Crippen molar-refractivity contribution in [3.63, 3.8) is 0 Å². The van der Waals surface area contributed by atoms with E-state index in [9.17, 15) is 9.90 Å². The molecule has 6 nitrogen and oxygen atoms in total. The van der Waals surface area contributed by atoms with E-state index in [0.29, 0.717) is 18.5 Å². The first-order chi connectivity index (χ1) is 19.5. The standard InChI is InChI=1S/C34H38N4O2/c1-24-13-17-26(18-14-24)31-32(27-19-15-25(2)16-20-27)37-34-33(36-31)29(39)21-23-38(34)22-9-4-3-8-12-30(40)35-28-10-6-5-7-11-28/h5-7,10-11,13-20,29,39H,3-4,8-9,12,21-23H2,1-2H3,(H,35,40). The van der Waals surface area contributed by atoms with Crippen molar-refractivity contribution in [1.29, 1.82) is 0 Å². The lowest BCUT2D eigenvalue weighted by Gasteiger charge is -2.33. The van der Waals surface area contributed by atoms with Gasteiger partial charge in [0.2, 0.25) is 5.91 Å². The first-order valence-electron chi connectivity index (χ1n) is 14.3. The molecule has 1 atom stereocenters. The Balaban J connectivity index is 1.27. The van der Waals surface area contributed by atoms with Crippen LogP contribution >= 0.6 is 0 Å². The molecule has 1 aromatic heterocycles. The second-order valence-corrected chi connectivity index (χ2v) is 10.7. The third kappa shape index (κ3) is 6.75. The monoisotopic (exact) mass is 534 g/mol. The number of nitrogens with one attached hydrogen (secondary N) is 1. The summed E-state index contributed by atoms with van der Waals surface area (Å²) in [6.07, 6.45) is 4.44. The summed E-state index contributed by atoms with van der Waals surface area (Å²) >= 11 is 0. The van der Waals surface area contributed by atoms with Crippen molar-refractivity contribution >= 4 is 17.4 Å². The number of carbonyl (C=O) groups excluding carboxylic acids is 1. The van der Waals surface area contributed by atoms with Crippen molar-refractivity contribution in [2.45, 2.75) is 58.5 Å². The second kappa shape index (κ2) is 12.9. The Hall–Kier alpha value is -4.03. The molecule has 1 amide bonds. The number of amides is 1. The number of carbonyl (C=O) groups is 1. The number of fused-ring (bicyclic) bond motifs is 1. The van der Waals surface area contributed by atoms with E-state index in [2.05, 4.69) is 72.6 Å². The quantitative estimate of drug-likeness (QED) is 0.209. The molecular weight excluding hydrogens is 496 g/mol. The molecule has 6 heteroatoms. The molecule has 0 aliphatic carbocycles. The lowest BCUT2D eigenvalue weighted by molar-refractivity contribution is -0.116. The molecule has 40 heavy (non-hydrogen) atoms. The predicted octanol–water partition coefficient (Wildman–Crippen LogP) is 7.26. The minimum absolute atomic E-state index is 0.0634. The van der Waals surface area contributed by atoms with Crippen molar-refractivity contribution in [3.05, 3.63) is 95.7 Å². The molecule has 1 aliphatic heterocycles. The van der Waals surface area contributed by atoms with Gasteiger partial charge in [-0.25, -0.2) is 9.97 Å². The summed E-state index contributed by atoms with van der Waals surface area (Å²) in [6, 6.07) is 26.3. The highest BCUT2D eigenvalue weighted by atomic mass is 16.3. The molecule has 0 saturated carbocycles. The molecule has 0 fully saturated rings. The second-order valence-electron chi connectivity index (χ2n) is 10.7. The van der Waals surface area contributed by atoms with Crippen molar-refractivity contribution in [2.75, 3.05) is 23.3 Å². The van der Waals surface area contributed by atoms with Gasteiger partial charge in [0, 0.05) is 36.3 Å². The van der Waals surface area contributed by atoms with Gasteiger partial charge in [0.1, 0.15) is 11.8 Å². The molecule has 2 N–H and O–H groups in total. The Bertz CT molecular complexity index is 1420. The molecule has 1 unspecified atom stereocenters. The number of aryl methyl sites for hydroxylation is 2. The van der Waals surface area contributed by atoms with Gasteiger partial charge in [-0.15, -0.1) is 0 Å². The Morgan fingerprint density at radius 1 is 0.825 bits per heavy atom. The summed E-state index contributed by atoms with van der Waals surface area (Å²) in [4.78, 5) is 24.7. The molecule has 206 valence electrons. The zero-order valence-corrected chi connectivity index (χ0v) is 23.4. The highest BCUT2D eigenvalue weighted by Gasteiger charge is 2.29. The van der Waals surface area contributed by atoms with Crippen LogP contribution in [0.5, 0.6) is 0 Å². The molecule has 4 aromatic rings. The number of anilines is 2. The molecular formula is C34H38N4O2. The minimum Gasteiger partial charge on any atom is -0.387 e. The topological polar surface area (TPSA) is 78.4 Å². The fourth-order valence-corrected chi connectivity index (χ4v) is 5.15. The van der Waals surface area contributed by atoms with Gasteiger partial charge < -0.3 is 15.3 Å². The SMILES string of the molecule is Cc1ccc(-c2nc3c(nc2-c2ccc(C)cc2)N(CCCCCCC(=O)Nc2ccccc2)CCC3O)cc1. The van der Waals surface area contributed by atoms with Gasteiger partial charge in [0.25, 0.3) is 0 Å². The molecule has 2 heterocycles. The molecule has 0 radical (unpaired) electrons. The number of unbranched alkanes of at least 4 members (excludes halogenated alkanes) is 3. The third-order valence-electron chi connectivity index (χ3n) is 7.48. The van der Waals surface area contributed by atoms with Gasteiger partial charge in [-0.1, -0.05) is 90.7 Å². The minimum atomic E-state index is -0.627. The van der Waals surface area contributed by atoms with Crippen LogP contribution in [0.2, 0.25) is 0 Å². The van der Waals surface area contributed by atoms with Crippen LogP contribution in [0.3, 0.4) is 0 Å². The van der Waals surface area contributed by atoms with Crippen LogP contribution < -0.4 is 10.2 Å². The number of hydrogen-bond donors (Lipinski definition) is 2. The van der Waals surface area contributed by atoms with Crippen LogP contribution in [0.1, 0.15) is 61.4 Å². The molecule has 0 saturated heterocycles. The number of aromatic nitrogens is 2. The number of aliphatic hydroxyl groups is 1. The van der Waals surface area contributed by atoms with Crippen molar-refractivity contribution in [2.24, 2.45) is 0 Å². The maximum absolute atomic E-state index is 12.2. The van der Waals surface area contributed by atoms with E-state index in [-0.39, 0.29) is 5.91 Å². The van der Waals surface area contributed by atoms with E-state index in [1.165, 1.54) is 11.1 Å². The van der Waals surface area contributed by atoms with Gasteiger partial charge in [0.05, 0.1) is 11.4 Å². The smallest absolute Gasteiger partial charge is 0.224 e. The molecule has 3 aromatic carbocycles. The highest BCUT2D eigenvalue weighted by molar-refractivity contribution is 5.90. The summed E-state index contributed by atoms with van der Waals surface area (Å²) in [5.41, 5.74) is 7.55. The van der Waals surface area contributed by atoms with E-state index in [1.807, 2.05) is 30.3 Å². The van der Waals surface area contributed by atoms with E-state index in [1.54, 1.807) is 0 Å². The number of aliphatic hydroxyl groups excluding tert-OH is 1. The summed E-state index contributed by atoms with van der Waals surface area (Å²) < 4.78 is 0. The van der Waals surface area contributed by atoms with Gasteiger partial charge in [-0.2, -0.15) is 0 Å². The normalized spacial score (nSPS) is 14.6. The van der Waals surface area contributed by atoms with Crippen LogP contribution in [-0.4, -0.2) is 34.1 Å². The van der Waals surface area contributed by atoms with E-state index in [4.69, 9.17) is 9.97 Å². The molecule has 0 bridgehead atoms. The Labute approximate surface area is 237 Å². The van der Waals surface area contributed by atoms with Crippen LogP contribution in [0.15, 0.2) is 78.9 Å². The third-order valence-corrected chi connectivity index (χ3v) is 7.48. The van der Waals surface area contributed by atoms with Gasteiger partial charge in [0.15, 0.2) is 5.82 Å². The molecule has 0 spiro atoms. The highest BCUT2D eigenvalue weighted by Crippen LogP contribution is 2.38. The lowest BCUT2D eigenvalue weighted by atomic mass is 10.00. The van der Waals surface area contributed by atoms with Crippen LogP contribution in [0, 0.1) is 13.8 Å². The fraction of sp³-hybridized carbons (Fsp3) is 0.324. The number of benzene rings is 3. The zero-order chi connectivity index (χ0) is 27.9. The average molecular weight is 535 g/mol. The van der Waals surface area contributed by atoms with Crippen LogP contribution in [0.4, 0.5) is 11.5 Å². The Morgan fingerprint density at radius 2 is 1.43 bits per heavy atom. The first-order valence-corrected chi connectivity index (χ1v) is 14.3. The predicted molar refractivity (Wildman–Crippen MR) is 162 cm³/mol. The summed E-state index contributed by atoms with van der Waals surface area (Å²) in [5, 5.41) is 13.9. The fourth-order valence-electron chi connectivity index (χ4n) is 5.15. The summed E-state index contributed by atoms with van der Waals surface area (Å²) in [6.45, 7) is 5.75. The molecule has 5 rings (SSSR count). The number of rotatable bonds is 10. The zero-order valence-electron chi connectivity index (χ0n) is 23.4. The number of para-hydroxylation sites is 1. The van der Waals surface area contributed by atoms with Crippen LogP contribution in [0.25, 0.3) is 22.5 Å². The summed E-state index contributed by atoms with van der Waals surface area (Å²) in [7, 11) is 0. The first kappa shape index (κ1) is 27.5. The Morgan fingerprint density at radius 3 is 2.08 bits per heavy atom. The number of hydrogen-bond acceptors (Lipinski definition) is 5. The van der Waals surface area contributed by atoms with E-state index >= 15 is 0 Å². The average Bonchev–Trinajstić information content (AvgIpc) is 2.97. The van der Waals surface area contributed by atoms with Gasteiger partial charge >= 0.3 is 0 Å². The van der Waals surface area contributed by atoms with E-state index < -0.39 is 6.10 Å². The maximum atomic E-state index is 12.2. The van der Waals surface area contributed by atoms with Crippen molar-refractivity contribution in [3.8, 4) is 22.5 Å². The lowest BCUT2D eigenvalue weighted by Crippen LogP contribution is -2.34. The van der Waals surface area contributed by atoms with Gasteiger partial charge in [-0.05, 0) is 45.2 Å². The van der Waals surface area contributed by atoms with Crippen molar-refractivity contribution in [1.82, 2.24) is 9.97 Å². The molecule has 1 aliphatic rings. The van der Waals surface area contributed by atoms with Crippen LogP contribution in [-0.2, 0) is 4.79 Å². The van der Waals surface area contributed by atoms with Crippen molar-refractivity contribution < 1.29 is 9.90 Å². The van der Waals surface area contributed by atoms with E-state index in [0.717, 1.165) is 72.8 Å². The Kier molecular flexibility index (Phi) is 8.87. The number of nitrogens with zero attached hydrogens (tertiary/aromatic N) is 3. The summed E-state index contributed by atoms with van der Waals surface area (Å²) in [5.74, 6) is 0.848.